The van der Waals surface area contributed by atoms with Crippen molar-refractivity contribution in [3.05, 3.63) is 12.2 Å². The Morgan fingerprint density at radius 2 is 2.29 bits per heavy atom. The van der Waals surface area contributed by atoms with Crippen LogP contribution in [0.4, 0.5) is 0 Å². The summed E-state index contributed by atoms with van der Waals surface area (Å²) in [4.78, 5) is 0. The molecule has 1 rings (SSSR count). The van der Waals surface area contributed by atoms with Crippen LogP contribution in [-0.4, -0.2) is 31.7 Å². The zero-order chi connectivity index (χ0) is 10.1. The van der Waals surface area contributed by atoms with Crippen molar-refractivity contribution < 1.29 is 4.74 Å². The van der Waals surface area contributed by atoms with E-state index < -0.39 is 0 Å². The van der Waals surface area contributed by atoms with Crippen LogP contribution in [-0.2, 0) is 4.74 Å². The molecular formula is C11H20ClNO. The molecule has 2 nitrogen and oxygen atoms in total. The maximum absolute atomic E-state index is 5.63. The van der Waals surface area contributed by atoms with Crippen molar-refractivity contribution in [2.75, 3.05) is 25.6 Å². The summed E-state index contributed by atoms with van der Waals surface area (Å²) in [5, 5.41) is 3.34. The molecule has 0 aromatic rings. The second-order valence-corrected chi connectivity index (χ2v) is 3.92. The van der Waals surface area contributed by atoms with Crippen molar-refractivity contribution >= 4 is 11.6 Å². The lowest BCUT2D eigenvalue weighted by molar-refractivity contribution is 0.0117. The molecular weight excluding hydrogens is 198 g/mol. The van der Waals surface area contributed by atoms with Gasteiger partial charge in [-0.1, -0.05) is 12.2 Å². The van der Waals surface area contributed by atoms with Gasteiger partial charge in [0.05, 0.1) is 6.10 Å². The van der Waals surface area contributed by atoms with E-state index in [9.17, 15) is 0 Å². The van der Waals surface area contributed by atoms with Gasteiger partial charge in [-0.3, -0.25) is 0 Å². The lowest BCUT2D eigenvalue weighted by Gasteiger charge is -2.22. The fraction of sp³-hybridized carbons (Fsp3) is 0.818. The van der Waals surface area contributed by atoms with Gasteiger partial charge in [0, 0.05) is 19.0 Å². The van der Waals surface area contributed by atoms with Crippen molar-refractivity contribution in [1.82, 2.24) is 5.32 Å². The monoisotopic (exact) mass is 217 g/mol. The number of halogens is 1. The molecule has 1 unspecified atom stereocenters. The van der Waals surface area contributed by atoms with Crippen molar-refractivity contribution in [3.8, 4) is 0 Å². The summed E-state index contributed by atoms with van der Waals surface area (Å²) in [6.07, 6.45) is 9.46. The first-order valence-electron chi connectivity index (χ1n) is 5.47. The van der Waals surface area contributed by atoms with Gasteiger partial charge in [-0.25, -0.2) is 0 Å². The molecule has 3 heteroatoms. The Morgan fingerprint density at radius 1 is 1.36 bits per heavy atom. The van der Waals surface area contributed by atoms with Gasteiger partial charge < -0.3 is 10.1 Å². The number of rotatable bonds is 6. The number of alkyl halides is 1. The van der Waals surface area contributed by atoms with Crippen molar-refractivity contribution in [2.24, 2.45) is 0 Å². The van der Waals surface area contributed by atoms with Crippen LogP contribution in [0.25, 0.3) is 0 Å². The second-order valence-electron chi connectivity index (χ2n) is 3.61. The number of hydrogen-bond donors (Lipinski definition) is 1. The molecule has 0 aromatic carbocycles. The van der Waals surface area contributed by atoms with E-state index in [2.05, 4.69) is 11.4 Å². The van der Waals surface area contributed by atoms with Gasteiger partial charge in [-0.05, 0) is 32.2 Å². The first kappa shape index (κ1) is 12.0. The predicted octanol–water partition coefficient (Wildman–Crippen LogP) is 2.33. The molecule has 0 spiro atoms. The standard InChI is InChI=1S/C11H20ClNO/c12-7-2-3-8-13-9-6-11-5-1-4-10-14-11/h2-3,11,13H,1,4-10H2/b3-2+. The van der Waals surface area contributed by atoms with Gasteiger partial charge in [-0.15, -0.1) is 11.6 Å². The highest BCUT2D eigenvalue weighted by Crippen LogP contribution is 2.14. The molecule has 1 N–H and O–H groups in total. The van der Waals surface area contributed by atoms with E-state index in [1.807, 2.05) is 6.08 Å². The molecule has 0 amide bonds. The maximum atomic E-state index is 5.63. The molecule has 0 aromatic heterocycles. The van der Waals surface area contributed by atoms with E-state index in [-0.39, 0.29) is 0 Å². The molecule has 14 heavy (non-hydrogen) atoms. The molecule has 1 saturated heterocycles. The zero-order valence-electron chi connectivity index (χ0n) is 8.68. The van der Waals surface area contributed by atoms with Crippen LogP contribution in [0.2, 0.25) is 0 Å². The number of allylic oxidation sites excluding steroid dienone is 1. The van der Waals surface area contributed by atoms with Gasteiger partial charge in [0.1, 0.15) is 0 Å². The summed E-state index contributed by atoms with van der Waals surface area (Å²) in [6.45, 7) is 2.91. The van der Waals surface area contributed by atoms with Gasteiger partial charge in [0.15, 0.2) is 0 Å². The summed E-state index contributed by atoms with van der Waals surface area (Å²) in [5.41, 5.74) is 0. The second kappa shape index (κ2) is 8.27. The van der Waals surface area contributed by atoms with Crippen LogP contribution >= 0.6 is 11.6 Å². The van der Waals surface area contributed by atoms with Crippen molar-refractivity contribution in [3.63, 3.8) is 0 Å². The number of ether oxygens (including phenoxy) is 1. The molecule has 1 aliphatic heterocycles. The Hall–Kier alpha value is -0.0500. The first-order valence-corrected chi connectivity index (χ1v) is 6.00. The van der Waals surface area contributed by atoms with E-state index in [0.29, 0.717) is 12.0 Å². The van der Waals surface area contributed by atoms with Gasteiger partial charge in [0.25, 0.3) is 0 Å². The third-order valence-electron chi connectivity index (χ3n) is 2.44. The average molecular weight is 218 g/mol. The van der Waals surface area contributed by atoms with E-state index in [4.69, 9.17) is 16.3 Å². The first-order chi connectivity index (χ1) is 6.93. The summed E-state index contributed by atoms with van der Waals surface area (Å²) in [7, 11) is 0. The minimum Gasteiger partial charge on any atom is -0.378 e. The molecule has 1 atom stereocenters. The molecule has 0 bridgehead atoms. The van der Waals surface area contributed by atoms with Crippen LogP contribution in [0.3, 0.4) is 0 Å². The summed E-state index contributed by atoms with van der Waals surface area (Å²) >= 11 is 5.50. The smallest absolute Gasteiger partial charge is 0.0587 e. The third kappa shape index (κ3) is 5.63. The third-order valence-corrected chi connectivity index (χ3v) is 2.61. The number of hydrogen-bond acceptors (Lipinski definition) is 2. The fourth-order valence-corrected chi connectivity index (χ4v) is 1.76. The topological polar surface area (TPSA) is 21.3 Å². The Kier molecular flexibility index (Phi) is 7.10. The largest absolute Gasteiger partial charge is 0.378 e. The molecule has 0 radical (unpaired) electrons. The average Bonchev–Trinajstić information content (AvgIpc) is 2.25. The lowest BCUT2D eigenvalue weighted by Crippen LogP contribution is -2.25. The maximum Gasteiger partial charge on any atom is 0.0587 e. The Bertz CT molecular complexity index is 155. The molecule has 1 fully saturated rings. The Labute approximate surface area is 91.7 Å². The highest BCUT2D eigenvalue weighted by molar-refractivity contribution is 6.18. The van der Waals surface area contributed by atoms with Gasteiger partial charge in [0.2, 0.25) is 0 Å². The quantitative estimate of drug-likeness (QED) is 0.419. The summed E-state index contributed by atoms with van der Waals surface area (Å²) in [6, 6.07) is 0. The molecule has 0 saturated carbocycles. The van der Waals surface area contributed by atoms with Crippen LogP contribution < -0.4 is 5.32 Å². The minimum absolute atomic E-state index is 0.494. The van der Waals surface area contributed by atoms with Crippen LogP contribution in [0, 0.1) is 0 Å². The Balaban J connectivity index is 1.89. The van der Waals surface area contributed by atoms with Gasteiger partial charge in [-0.2, -0.15) is 0 Å². The van der Waals surface area contributed by atoms with Crippen molar-refractivity contribution in [1.29, 1.82) is 0 Å². The zero-order valence-corrected chi connectivity index (χ0v) is 9.43. The Morgan fingerprint density at radius 3 is 3.00 bits per heavy atom. The SMILES string of the molecule is ClC/C=C/CNCCC1CCCCO1. The summed E-state index contributed by atoms with van der Waals surface area (Å²) in [5.74, 6) is 0.605. The van der Waals surface area contributed by atoms with E-state index in [0.717, 1.165) is 26.1 Å². The van der Waals surface area contributed by atoms with E-state index >= 15 is 0 Å². The molecule has 82 valence electrons. The predicted molar refractivity (Wildman–Crippen MR) is 60.9 cm³/mol. The fourth-order valence-electron chi connectivity index (χ4n) is 1.63. The number of nitrogens with one attached hydrogen (secondary N) is 1. The highest BCUT2D eigenvalue weighted by Gasteiger charge is 2.12. The molecule has 1 aliphatic rings. The minimum atomic E-state index is 0.494. The molecule has 0 aliphatic carbocycles. The van der Waals surface area contributed by atoms with Gasteiger partial charge >= 0.3 is 0 Å². The van der Waals surface area contributed by atoms with E-state index in [1.165, 1.54) is 19.3 Å². The normalized spacial score (nSPS) is 23.1. The van der Waals surface area contributed by atoms with E-state index in [1.54, 1.807) is 0 Å². The lowest BCUT2D eigenvalue weighted by atomic mass is 10.1. The van der Waals surface area contributed by atoms with Crippen LogP contribution in [0.1, 0.15) is 25.7 Å². The highest BCUT2D eigenvalue weighted by atomic mass is 35.5. The van der Waals surface area contributed by atoms with Crippen LogP contribution in [0.5, 0.6) is 0 Å². The molecule has 1 heterocycles. The van der Waals surface area contributed by atoms with Crippen LogP contribution in [0.15, 0.2) is 12.2 Å². The van der Waals surface area contributed by atoms with Crippen molar-refractivity contribution in [2.45, 2.75) is 31.8 Å². The summed E-state index contributed by atoms with van der Waals surface area (Å²) < 4.78 is 5.63.